The van der Waals surface area contributed by atoms with E-state index in [-0.39, 0.29) is 24.7 Å². The van der Waals surface area contributed by atoms with E-state index < -0.39 is 23.9 Å². The molecule has 0 spiro atoms. The number of aromatic nitrogens is 2. The van der Waals surface area contributed by atoms with Gasteiger partial charge in [-0.1, -0.05) is 6.07 Å². The summed E-state index contributed by atoms with van der Waals surface area (Å²) in [7, 11) is 0. The van der Waals surface area contributed by atoms with Crippen molar-refractivity contribution in [3.05, 3.63) is 42.0 Å². The van der Waals surface area contributed by atoms with Crippen LogP contribution in [0.5, 0.6) is 5.75 Å². The van der Waals surface area contributed by atoms with Crippen molar-refractivity contribution in [1.29, 1.82) is 0 Å². The summed E-state index contributed by atoms with van der Waals surface area (Å²) in [5.74, 6) is -1.57. The molecule has 1 aromatic carbocycles. The van der Waals surface area contributed by atoms with Gasteiger partial charge in [-0.05, 0) is 18.2 Å². The molecule has 0 radical (unpaired) electrons. The van der Waals surface area contributed by atoms with Gasteiger partial charge in [-0.15, -0.1) is 0 Å². The van der Waals surface area contributed by atoms with Crippen LogP contribution >= 0.6 is 0 Å². The fourth-order valence-corrected chi connectivity index (χ4v) is 2.17. The lowest BCUT2D eigenvalue weighted by Crippen LogP contribution is -2.41. The molecule has 0 unspecified atom stereocenters. The van der Waals surface area contributed by atoms with Crippen LogP contribution in [0, 0.1) is 5.82 Å². The molecule has 116 valence electrons. The second kappa shape index (κ2) is 5.72. The van der Waals surface area contributed by atoms with E-state index in [9.17, 15) is 18.7 Å². The van der Waals surface area contributed by atoms with Crippen LogP contribution in [0.1, 0.15) is 10.5 Å². The van der Waals surface area contributed by atoms with E-state index in [1.165, 1.54) is 29.1 Å². The first-order chi connectivity index (χ1) is 10.5. The molecule has 0 saturated carbocycles. The number of carbonyl (C=O) groups excluding carboxylic acids is 1. The van der Waals surface area contributed by atoms with Crippen molar-refractivity contribution >= 4 is 5.91 Å². The highest BCUT2D eigenvalue weighted by atomic mass is 19.1. The minimum atomic E-state index is -1.30. The van der Waals surface area contributed by atoms with Gasteiger partial charge in [-0.3, -0.25) is 4.79 Å². The van der Waals surface area contributed by atoms with Crippen LogP contribution in [-0.4, -0.2) is 46.2 Å². The second-order valence-electron chi connectivity index (χ2n) is 4.92. The highest BCUT2D eigenvalue weighted by Gasteiger charge is 2.31. The average Bonchev–Trinajstić information content (AvgIpc) is 3.06. The molecule has 2 N–H and O–H groups in total. The first-order valence-corrected chi connectivity index (χ1v) is 6.62. The molecule has 0 bridgehead atoms. The van der Waals surface area contributed by atoms with E-state index in [0.717, 1.165) is 0 Å². The zero-order chi connectivity index (χ0) is 15.7. The van der Waals surface area contributed by atoms with Gasteiger partial charge >= 0.3 is 0 Å². The number of nitrogens with zero attached hydrogens (tertiary/aromatic N) is 2. The summed E-state index contributed by atoms with van der Waals surface area (Å²) in [5.41, 5.74) is 0.0882. The van der Waals surface area contributed by atoms with Crippen molar-refractivity contribution in [3.8, 4) is 11.4 Å². The lowest BCUT2D eigenvalue weighted by atomic mass is 10.2. The quantitative estimate of drug-likeness (QED) is 0.893. The summed E-state index contributed by atoms with van der Waals surface area (Å²) in [5, 5.41) is 16.1. The molecule has 1 fully saturated rings. The molecular formula is C14H13F2N3O3. The van der Waals surface area contributed by atoms with Gasteiger partial charge in [-0.2, -0.15) is 5.10 Å². The largest absolute Gasteiger partial charge is 0.504 e. The van der Waals surface area contributed by atoms with Crippen LogP contribution < -0.4 is 5.32 Å². The molecule has 1 aromatic heterocycles. The number of hydrogen-bond acceptors (Lipinski definition) is 4. The lowest BCUT2D eigenvalue weighted by Gasteiger charge is -2.11. The number of alkyl halides is 1. The van der Waals surface area contributed by atoms with Gasteiger partial charge in [0.15, 0.2) is 11.4 Å². The van der Waals surface area contributed by atoms with Crippen LogP contribution in [0.3, 0.4) is 0 Å². The standard InChI is InChI=1S/C14H13F2N3O3/c15-8-2-1-3-9(4-8)19-5-12(20)13(18-19)14(21)17-11-7-22-6-10(11)16/h1-5,10-11,20H,6-7H2,(H,17,21)/t10-,11+/m0/s1. The zero-order valence-corrected chi connectivity index (χ0v) is 11.4. The van der Waals surface area contributed by atoms with E-state index >= 15 is 0 Å². The zero-order valence-electron chi connectivity index (χ0n) is 11.4. The number of hydrogen-bond donors (Lipinski definition) is 2. The smallest absolute Gasteiger partial charge is 0.276 e. The number of rotatable bonds is 3. The number of ether oxygens (including phenoxy) is 1. The molecule has 2 heterocycles. The Balaban J connectivity index is 1.81. The number of amides is 1. The Morgan fingerprint density at radius 1 is 1.45 bits per heavy atom. The number of aromatic hydroxyl groups is 1. The van der Waals surface area contributed by atoms with Crippen molar-refractivity contribution in [2.75, 3.05) is 13.2 Å². The Morgan fingerprint density at radius 2 is 2.27 bits per heavy atom. The average molecular weight is 309 g/mol. The molecule has 1 amide bonds. The molecule has 6 nitrogen and oxygen atoms in total. The molecule has 3 rings (SSSR count). The van der Waals surface area contributed by atoms with Crippen LogP contribution in [0.4, 0.5) is 8.78 Å². The van der Waals surface area contributed by atoms with Gasteiger partial charge in [0.05, 0.1) is 31.1 Å². The molecule has 0 aliphatic carbocycles. The van der Waals surface area contributed by atoms with Crippen LogP contribution in [-0.2, 0) is 4.74 Å². The molecule has 2 aromatic rings. The SMILES string of the molecule is O=C(N[C@@H]1COC[C@@H]1F)c1nn(-c2cccc(F)c2)cc1O. The van der Waals surface area contributed by atoms with Crippen LogP contribution in [0.2, 0.25) is 0 Å². The summed E-state index contributed by atoms with van der Waals surface area (Å²) in [6, 6.07) is 4.75. The Hall–Kier alpha value is -2.48. The van der Waals surface area contributed by atoms with E-state index in [2.05, 4.69) is 10.4 Å². The Morgan fingerprint density at radius 3 is 2.95 bits per heavy atom. The summed E-state index contributed by atoms with van der Waals surface area (Å²) < 4.78 is 32.7. The van der Waals surface area contributed by atoms with Gasteiger partial charge in [0.25, 0.3) is 5.91 Å². The van der Waals surface area contributed by atoms with Gasteiger partial charge in [0.1, 0.15) is 12.0 Å². The van der Waals surface area contributed by atoms with Gasteiger partial charge in [-0.25, -0.2) is 13.5 Å². The molecule has 8 heteroatoms. The normalized spacial score (nSPS) is 21.0. The maximum atomic E-state index is 13.4. The third-order valence-corrected chi connectivity index (χ3v) is 3.31. The topological polar surface area (TPSA) is 76.4 Å². The molecule has 1 aliphatic heterocycles. The minimum Gasteiger partial charge on any atom is -0.504 e. The predicted octanol–water partition coefficient (Wildman–Crippen LogP) is 1.18. The van der Waals surface area contributed by atoms with Crippen molar-refractivity contribution < 1.29 is 23.4 Å². The molecule has 22 heavy (non-hydrogen) atoms. The van der Waals surface area contributed by atoms with Crippen molar-refractivity contribution in [3.63, 3.8) is 0 Å². The number of halogens is 2. The predicted molar refractivity (Wildman–Crippen MR) is 72.2 cm³/mol. The maximum Gasteiger partial charge on any atom is 0.276 e. The van der Waals surface area contributed by atoms with Gasteiger partial charge in [0.2, 0.25) is 0 Å². The van der Waals surface area contributed by atoms with Crippen LogP contribution in [0.25, 0.3) is 5.69 Å². The number of carbonyl (C=O) groups is 1. The van der Waals surface area contributed by atoms with Crippen molar-refractivity contribution in [2.45, 2.75) is 12.2 Å². The molecular weight excluding hydrogens is 296 g/mol. The Labute approximate surface area is 124 Å². The van der Waals surface area contributed by atoms with Crippen LogP contribution in [0.15, 0.2) is 30.5 Å². The van der Waals surface area contributed by atoms with E-state index in [0.29, 0.717) is 5.69 Å². The first kappa shape index (κ1) is 14.5. The summed E-state index contributed by atoms with van der Waals surface area (Å²) >= 11 is 0. The van der Waals surface area contributed by atoms with Crippen molar-refractivity contribution in [1.82, 2.24) is 15.1 Å². The fourth-order valence-electron chi connectivity index (χ4n) is 2.17. The fraction of sp³-hybridized carbons (Fsp3) is 0.286. The molecule has 1 aliphatic rings. The highest BCUT2D eigenvalue weighted by molar-refractivity contribution is 5.95. The van der Waals surface area contributed by atoms with E-state index in [1.54, 1.807) is 6.07 Å². The summed E-state index contributed by atoms with van der Waals surface area (Å²) in [6.45, 7) is -0.00701. The lowest BCUT2D eigenvalue weighted by molar-refractivity contribution is 0.0912. The Bertz CT molecular complexity index is 704. The van der Waals surface area contributed by atoms with Gasteiger partial charge in [0, 0.05) is 0 Å². The monoisotopic (exact) mass is 309 g/mol. The first-order valence-electron chi connectivity index (χ1n) is 6.62. The third kappa shape index (κ3) is 2.77. The van der Waals surface area contributed by atoms with Gasteiger partial charge < -0.3 is 15.2 Å². The molecule has 1 saturated heterocycles. The minimum absolute atomic E-state index is 0.0677. The summed E-state index contributed by atoms with van der Waals surface area (Å²) in [6.07, 6.45) is -0.113. The number of benzene rings is 1. The van der Waals surface area contributed by atoms with E-state index in [4.69, 9.17) is 4.74 Å². The third-order valence-electron chi connectivity index (χ3n) is 3.31. The number of nitrogens with one attached hydrogen (secondary N) is 1. The highest BCUT2D eigenvalue weighted by Crippen LogP contribution is 2.19. The summed E-state index contributed by atoms with van der Waals surface area (Å²) in [4.78, 5) is 12.0. The molecule has 2 atom stereocenters. The van der Waals surface area contributed by atoms with Crippen molar-refractivity contribution in [2.24, 2.45) is 0 Å². The second-order valence-corrected chi connectivity index (χ2v) is 4.92. The maximum absolute atomic E-state index is 13.4. The Kier molecular flexibility index (Phi) is 3.76. The van der Waals surface area contributed by atoms with E-state index in [1.807, 2.05) is 0 Å².